The first-order chi connectivity index (χ1) is 11.9. The summed E-state index contributed by atoms with van der Waals surface area (Å²) in [5.41, 5.74) is -0.834. The molecule has 0 radical (unpaired) electrons. The van der Waals surface area contributed by atoms with Crippen LogP contribution < -0.4 is 5.32 Å². The van der Waals surface area contributed by atoms with Crippen molar-refractivity contribution in [2.75, 3.05) is 32.7 Å². The molecule has 0 aromatic heterocycles. The molecule has 0 saturated carbocycles. The molecule has 1 unspecified atom stereocenters. The Bertz CT molecular complexity index is 514. The van der Waals surface area contributed by atoms with Gasteiger partial charge >= 0.3 is 0 Å². The van der Waals surface area contributed by atoms with Crippen molar-refractivity contribution in [3.8, 4) is 6.07 Å². The first kappa shape index (κ1) is 19.7. The van der Waals surface area contributed by atoms with Crippen molar-refractivity contribution in [2.24, 2.45) is 11.8 Å². The van der Waals surface area contributed by atoms with Crippen LogP contribution in [0.25, 0.3) is 0 Å². The van der Waals surface area contributed by atoms with Gasteiger partial charge in [-0.1, -0.05) is 13.8 Å². The van der Waals surface area contributed by atoms with Crippen molar-refractivity contribution in [2.45, 2.75) is 58.4 Å². The summed E-state index contributed by atoms with van der Waals surface area (Å²) >= 11 is 0. The van der Waals surface area contributed by atoms with Gasteiger partial charge in [0.25, 0.3) is 0 Å². The zero-order valence-electron chi connectivity index (χ0n) is 15.9. The van der Waals surface area contributed by atoms with Crippen LogP contribution in [0.15, 0.2) is 0 Å². The maximum atomic E-state index is 12.6. The van der Waals surface area contributed by atoms with Crippen LogP contribution in [0.5, 0.6) is 0 Å². The first-order valence-electron chi connectivity index (χ1n) is 9.59. The Balaban J connectivity index is 1.77. The van der Waals surface area contributed by atoms with E-state index in [1.165, 1.54) is 6.42 Å². The van der Waals surface area contributed by atoms with Gasteiger partial charge in [0.1, 0.15) is 5.54 Å². The summed E-state index contributed by atoms with van der Waals surface area (Å²) in [5, 5.41) is 12.2. The van der Waals surface area contributed by atoms with Crippen LogP contribution in [-0.2, 0) is 9.59 Å². The third kappa shape index (κ3) is 5.18. The standard InChI is InChI=1S/C19H32N4O2/c1-15(2)19(3,14-20)21-17(24)13-22-11-7-16(8-12-22)18(25)23-9-5-4-6-10-23/h15-16H,4-13H2,1-3H3,(H,21,24). The van der Waals surface area contributed by atoms with Crippen molar-refractivity contribution in [3.05, 3.63) is 0 Å². The number of carbonyl (C=O) groups is 2. The number of piperidine rings is 2. The number of hydrogen-bond donors (Lipinski definition) is 1. The fraction of sp³-hybridized carbons (Fsp3) is 0.842. The van der Waals surface area contributed by atoms with E-state index in [1.54, 1.807) is 6.92 Å². The van der Waals surface area contributed by atoms with E-state index in [1.807, 2.05) is 18.7 Å². The Morgan fingerprint density at radius 3 is 2.28 bits per heavy atom. The second-order valence-electron chi connectivity index (χ2n) is 7.95. The molecule has 0 aromatic carbocycles. The van der Waals surface area contributed by atoms with E-state index in [4.69, 9.17) is 0 Å². The Morgan fingerprint density at radius 2 is 1.76 bits per heavy atom. The Morgan fingerprint density at radius 1 is 1.16 bits per heavy atom. The van der Waals surface area contributed by atoms with E-state index < -0.39 is 5.54 Å². The maximum Gasteiger partial charge on any atom is 0.235 e. The quantitative estimate of drug-likeness (QED) is 0.821. The minimum Gasteiger partial charge on any atom is -0.342 e. The summed E-state index contributed by atoms with van der Waals surface area (Å²) in [6.45, 7) is 9.27. The number of nitrogens with zero attached hydrogens (tertiary/aromatic N) is 3. The molecule has 2 aliphatic rings. The average Bonchev–Trinajstić information content (AvgIpc) is 2.62. The highest BCUT2D eigenvalue weighted by molar-refractivity contribution is 5.80. The zero-order chi connectivity index (χ0) is 18.4. The number of nitriles is 1. The van der Waals surface area contributed by atoms with Gasteiger partial charge in [-0.2, -0.15) is 5.26 Å². The van der Waals surface area contributed by atoms with Crippen molar-refractivity contribution in [1.82, 2.24) is 15.1 Å². The summed E-state index contributed by atoms with van der Waals surface area (Å²) in [5.74, 6) is 0.353. The van der Waals surface area contributed by atoms with Crippen LogP contribution in [0.2, 0.25) is 0 Å². The lowest BCUT2D eigenvalue weighted by Crippen LogP contribution is -2.53. The van der Waals surface area contributed by atoms with Gasteiger partial charge in [0.2, 0.25) is 11.8 Å². The molecule has 2 saturated heterocycles. The molecule has 6 nitrogen and oxygen atoms in total. The lowest BCUT2D eigenvalue weighted by atomic mass is 9.90. The van der Waals surface area contributed by atoms with Gasteiger partial charge in [0.15, 0.2) is 0 Å². The molecule has 0 spiro atoms. The molecule has 2 rings (SSSR count). The number of nitrogens with one attached hydrogen (secondary N) is 1. The van der Waals surface area contributed by atoms with Crippen molar-refractivity contribution < 1.29 is 9.59 Å². The monoisotopic (exact) mass is 348 g/mol. The molecule has 2 fully saturated rings. The van der Waals surface area contributed by atoms with E-state index in [0.29, 0.717) is 12.5 Å². The second kappa shape index (κ2) is 8.66. The van der Waals surface area contributed by atoms with Gasteiger partial charge in [-0.15, -0.1) is 0 Å². The summed E-state index contributed by atoms with van der Waals surface area (Å²) in [6.07, 6.45) is 5.12. The topological polar surface area (TPSA) is 76.4 Å². The molecule has 25 heavy (non-hydrogen) atoms. The zero-order valence-corrected chi connectivity index (χ0v) is 15.9. The first-order valence-corrected chi connectivity index (χ1v) is 9.59. The van der Waals surface area contributed by atoms with Crippen molar-refractivity contribution >= 4 is 11.8 Å². The SMILES string of the molecule is CC(C)C(C)(C#N)NC(=O)CN1CCC(C(=O)N2CCCCC2)CC1. The van der Waals surface area contributed by atoms with Gasteiger partial charge < -0.3 is 10.2 Å². The fourth-order valence-electron chi connectivity index (χ4n) is 3.54. The van der Waals surface area contributed by atoms with Gasteiger partial charge in [-0.05, 0) is 58.0 Å². The second-order valence-corrected chi connectivity index (χ2v) is 7.95. The Hall–Kier alpha value is -1.61. The van der Waals surface area contributed by atoms with E-state index in [2.05, 4.69) is 16.3 Å². The maximum absolute atomic E-state index is 12.6. The number of hydrogen-bond acceptors (Lipinski definition) is 4. The van der Waals surface area contributed by atoms with E-state index >= 15 is 0 Å². The largest absolute Gasteiger partial charge is 0.342 e. The summed E-state index contributed by atoms with van der Waals surface area (Å²) < 4.78 is 0. The predicted octanol–water partition coefficient (Wildman–Crippen LogP) is 1.77. The number of amides is 2. The summed E-state index contributed by atoms with van der Waals surface area (Å²) in [6, 6.07) is 2.20. The molecule has 140 valence electrons. The highest BCUT2D eigenvalue weighted by Crippen LogP contribution is 2.22. The molecule has 6 heteroatoms. The fourth-order valence-corrected chi connectivity index (χ4v) is 3.54. The molecule has 1 N–H and O–H groups in total. The van der Waals surface area contributed by atoms with Crippen molar-refractivity contribution in [3.63, 3.8) is 0 Å². The Kier molecular flexibility index (Phi) is 6.83. The van der Waals surface area contributed by atoms with Crippen molar-refractivity contribution in [1.29, 1.82) is 5.26 Å². The molecule has 2 heterocycles. The molecular weight excluding hydrogens is 316 g/mol. The highest BCUT2D eigenvalue weighted by Gasteiger charge is 2.32. The van der Waals surface area contributed by atoms with E-state index in [9.17, 15) is 14.9 Å². The molecule has 2 amide bonds. The number of carbonyl (C=O) groups excluding carboxylic acids is 2. The predicted molar refractivity (Wildman–Crippen MR) is 96.6 cm³/mol. The minimum absolute atomic E-state index is 0.0503. The molecule has 0 aliphatic carbocycles. The third-order valence-corrected chi connectivity index (χ3v) is 5.76. The van der Waals surface area contributed by atoms with Crippen LogP contribution in [0, 0.1) is 23.2 Å². The minimum atomic E-state index is -0.834. The van der Waals surface area contributed by atoms with E-state index in [-0.39, 0.29) is 17.7 Å². The van der Waals surface area contributed by atoms with Crippen LogP contribution in [0.4, 0.5) is 0 Å². The van der Waals surface area contributed by atoms with Crippen LogP contribution in [0.1, 0.15) is 52.9 Å². The summed E-state index contributed by atoms with van der Waals surface area (Å²) in [7, 11) is 0. The third-order valence-electron chi connectivity index (χ3n) is 5.76. The smallest absolute Gasteiger partial charge is 0.235 e. The molecule has 0 aromatic rings. The molecule has 1 atom stereocenters. The average molecular weight is 348 g/mol. The van der Waals surface area contributed by atoms with E-state index in [0.717, 1.165) is 51.9 Å². The van der Waals surface area contributed by atoms with Crippen LogP contribution in [0.3, 0.4) is 0 Å². The van der Waals surface area contributed by atoms with Crippen LogP contribution >= 0.6 is 0 Å². The summed E-state index contributed by atoms with van der Waals surface area (Å²) in [4.78, 5) is 29.0. The molecular formula is C19H32N4O2. The van der Waals surface area contributed by atoms with Gasteiger partial charge in [0, 0.05) is 19.0 Å². The molecule has 2 aliphatic heterocycles. The molecule has 0 bridgehead atoms. The van der Waals surface area contributed by atoms with Gasteiger partial charge in [-0.3, -0.25) is 14.5 Å². The number of rotatable bonds is 5. The van der Waals surface area contributed by atoms with Gasteiger partial charge in [-0.25, -0.2) is 0 Å². The lowest BCUT2D eigenvalue weighted by Gasteiger charge is -2.36. The highest BCUT2D eigenvalue weighted by atomic mass is 16.2. The Labute approximate surface area is 151 Å². The van der Waals surface area contributed by atoms with Gasteiger partial charge in [0.05, 0.1) is 12.6 Å². The van der Waals surface area contributed by atoms with Crippen LogP contribution in [-0.4, -0.2) is 59.9 Å². The lowest BCUT2D eigenvalue weighted by molar-refractivity contribution is -0.138. The number of likely N-dealkylation sites (tertiary alicyclic amines) is 2. The normalized spacial score (nSPS) is 22.3.